The number of halogens is 2. The lowest BCUT2D eigenvalue weighted by atomic mass is 10.1. The molecular weight excluding hydrogens is 447 g/mol. The Hall–Kier alpha value is -3.16. The van der Waals surface area contributed by atoms with Crippen LogP contribution >= 0.6 is 23.4 Å². The van der Waals surface area contributed by atoms with E-state index >= 15 is 0 Å². The average molecular weight is 465 g/mol. The number of amides is 1. The van der Waals surface area contributed by atoms with Crippen molar-refractivity contribution < 1.29 is 9.18 Å². The van der Waals surface area contributed by atoms with Crippen molar-refractivity contribution in [2.45, 2.75) is 23.2 Å². The summed E-state index contributed by atoms with van der Waals surface area (Å²) in [6.07, 6.45) is 1.85. The molecule has 1 amide bonds. The van der Waals surface area contributed by atoms with Gasteiger partial charge in [0.2, 0.25) is 5.91 Å². The monoisotopic (exact) mass is 464 g/mol. The fourth-order valence-corrected chi connectivity index (χ4v) is 4.95. The molecule has 0 aliphatic carbocycles. The minimum absolute atomic E-state index is 0.0206. The normalized spacial score (nSPS) is 15.2. The molecule has 1 atom stereocenters. The lowest BCUT2D eigenvalue weighted by molar-refractivity contribution is -0.117. The number of nitrogens with zero attached hydrogens (tertiary/aromatic N) is 4. The molecule has 0 radical (unpaired) electrons. The first-order valence-electron chi connectivity index (χ1n) is 10.0. The molecule has 0 bridgehead atoms. The van der Waals surface area contributed by atoms with Crippen molar-refractivity contribution in [3.05, 3.63) is 107 Å². The van der Waals surface area contributed by atoms with E-state index in [9.17, 15) is 9.18 Å². The zero-order valence-corrected chi connectivity index (χ0v) is 18.4. The van der Waals surface area contributed by atoms with Crippen molar-refractivity contribution in [3.8, 4) is 0 Å². The van der Waals surface area contributed by atoms with Crippen LogP contribution in [-0.2, 0) is 17.9 Å². The number of hydrogen-bond acceptors (Lipinski definition) is 4. The van der Waals surface area contributed by atoms with Gasteiger partial charge in [0.1, 0.15) is 16.8 Å². The Morgan fingerprint density at radius 3 is 2.50 bits per heavy atom. The fraction of sp³-hybridized carbons (Fsp3) is 0.125. The number of aromatic nitrogens is 3. The highest BCUT2D eigenvalue weighted by Gasteiger charge is 2.38. The van der Waals surface area contributed by atoms with Gasteiger partial charge in [-0.3, -0.25) is 4.79 Å². The summed E-state index contributed by atoms with van der Waals surface area (Å²) < 4.78 is 15.0. The van der Waals surface area contributed by atoms with Gasteiger partial charge in [-0.05, 0) is 53.6 Å². The highest BCUT2D eigenvalue weighted by atomic mass is 35.5. The fourth-order valence-electron chi connectivity index (χ4n) is 3.70. The van der Waals surface area contributed by atoms with Crippen molar-refractivity contribution in [2.75, 3.05) is 4.90 Å². The van der Waals surface area contributed by atoms with E-state index < -0.39 is 0 Å². The van der Waals surface area contributed by atoms with Gasteiger partial charge >= 0.3 is 0 Å². The molecule has 0 saturated heterocycles. The van der Waals surface area contributed by atoms with Crippen LogP contribution in [0.15, 0.2) is 83.9 Å². The summed E-state index contributed by atoms with van der Waals surface area (Å²) in [5.74, 6) is -0.316. The van der Waals surface area contributed by atoms with Gasteiger partial charge in [0.25, 0.3) is 0 Å². The number of fused-ring (bicyclic) bond motifs is 1. The molecule has 3 aromatic carbocycles. The maximum Gasteiger partial charge on any atom is 0.245 e. The third kappa shape index (κ3) is 4.26. The lowest BCUT2D eigenvalue weighted by Gasteiger charge is -2.16. The second kappa shape index (κ2) is 8.76. The smallest absolute Gasteiger partial charge is 0.245 e. The van der Waals surface area contributed by atoms with Crippen molar-refractivity contribution >= 4 is 35.0 Å². The molecule has 0 N–H and O–H groups in total. The highest BCUT2D eigenvalue weighted by Crippen LogP contribution is 2.46. The van der Waals surface area contributed by atoms with Crippen molar-refractivity contribution in [1.82, 2.24) is 15.0 Å². The Morgan fingerprint density at radius 1 is 0.969 bits per heavy atom. The Bertz CT molecular complexity index is 1260. The zero-order valence-electron chi connectivity index (χ0n) is 16.9. The molecule has 1 aliphatic heterocycles. The SMILES string of the molecule is O=C1C(Sc2ccc(F)cc2)c2ccccc2N1Cc1cn(Cc2ccc(Cl)cc2)nn1. The van der Waals surface area contributed by atoms with Gasteiger partial charge in [0, 0.05) is 15.6 Å². The van der Waals surface area contributed by atoms with Gasteiger partial charge in [0.15, 0.2) is 0 Å². The van der Waals surface area contributed by atoms with Crippen LogP contribution < -0.4 is 4.90 Å². The highest BCUT2D eigenvalue weighted by molar-refractivity contribution is 8.00. The number of para-hydroxylation sites is 1. The molecule has 0 saturated carbocycles. The number of thioether (sulfide) groups is 1. The van der Waals surface area contributed by atoms with Crippen LogP contribution in [0.4, 0.5) is 10.1 Å². The minimum atomic E-state index is -0.388. The number of hydrogen-bond donors (Lipinski definition) is 0. The van der Waals surface area contributed by atoms with Gasteiger partial charge in [-0.25, -0.2) is 9.07 Å². The van der Waals surface area contributed by atoms with E-state index in [1.165, 1.54) is 23.9 Å². The number of carbonyl (C=O) groups is 1. The average Bonchev–Trinajstić information content (AvgIpc) is 3.35. The Balaban J connectivity index is 1.35. The molecule has 160 valence electrons. The first kappa shape index (κ1) is 20.7. The van der Waals surface area contributed by atoms with Crippen LogP contribution in [0.5, 0.6) is 0 Å². The van der Waals surface area contributed by atoms with E-state index in [4.69, 9.17) is 11.6 Å². The molecule has 0 spiro atoms. The number of rotatable bonds is 6. The van der Waals surface area contributed by atoms with Gasteiger partial charge in [-0.1, -0.05) is 47.1 Å². The second-order valence-corrected chi connectivity index (χ2v) is 9.08. The van der Waals surface area contributed by atoms with E-state index in [-0.39, 0.29) is 17.0 Å². The van der Waals surface area contributed by atoms with E-state index in [2.05, 4.69) is 10.3 Å². The molecule has 1 aromatic heterocycles. The van der Waals surface area contributed by atoms with Gasteiger partial charge in [-0.2, -0.15) is 0 Å². The van der Waals surface area contributed by atoms with Crippen LogP contribution in [0.3, 0.4) is 0 Å². The second-order valence-electron chi connectivity index (χ2n) is 7.47. The van der Waals surface area contributed by atoms with Crippen molar-refractivity contribution in [3.63, 3.8) is 0 Å². The number of anilines is 1. The minimum Gasteiger partial charge on any atom is -0.305 e. The molecule has 0 fully saturated rings. The Morgan fingerprint density at radius 2 is 1.72 bits per heavy atom. The third-order valence-corrected chi connectivity index (χ3v) is 6.72. The van der Waals surface area contributed by atoms with Gasteiger partial charge in [0.05, 0.1) is 19.3 Å². The summed E-state index contributed by atoms with van der Waals surface area (Å²) in [5.41, 5.74) is 3.57. The van der Waals surface area contributed by atoms with Crippen LogP contribution in [0.25, 0.3) is 0 Å². The van der Waals surface area contributed by atoms with Crippen LogP contribution in [-0.4, -0.2) is 20.9 Å². The van der Waals surface area contributed by atoms with Gasteiger partial charge < -0.3 is 4.90 Å². The number of carbonyl (C=O) groups excluding carboxylic acids is 1. The maximum atomic E-state index is 13.3. The first-order valence-corrected chi connectivity index (χ1v) is 11.3. The van der Waals surface area contributed by atoms with E-state index in [1.54, 1.807) is 21.7 Å². The largest absolute Gasteiger partial charge is 0.305 e. The summed E-state index contributed by atoms with van der Waals surface area (Å²) in [7, 11) is 0. The van der Waals surface area contributed by atoms with Crippen LogP contribution in [0, 0.1) is 5.82 Å². The predicted octanol–water partition coefficient (Wildman–Crippen LogP) is 5.50. The Kier molecular flexibility index (Phi) is 5.68. The third-order valence-electron chi connectivity index (χ3n) is 5.23. The zero-order chi connectivity index (χ0) is 22.1. The molecule has 5 rings (SSSR count). The Labute approximate surface area is 193 Å². The summed E-state index contributed by atoms with van der Waals surface area (Å²) in [4.78, 5) is 15.9. The molecule has 4 aromatic rings. The predicted molar refractivity (Wildman–Crippen MR) is 123 cm³/mol. The topological polar surface area (TPSA) is 51.0 Å². The molecule has 8 heteroatoms. The van der Waals surface area contributed by atoms with Crippen molar-refractivity contribution in [1.29, 1.82) is 0 Å². The summed E-state index contributed by atoms with van der Waals surface area (Å²) in [6, 6.07) is 21.5. The molecule has 5 nitrogen and oxygen atoms in total. The van der Waals surface area contributed by atoms with Crippen molar-refractivity contribution in [2.24, 2.45) is 0 Å². The van der Waals surface area contributed by atoms with E-state index in [1.807, 2.05) is 54.7 Å². The van der Waals surface area contributed by atoms with Crippen LogP contribution in [0.1, 0.15) is 22.1 Å². The lowest BCUT2D eigenvalue weighted by Crippen LogP contribution is -2.27. The summed E-state index contributed by atoms with van der Waals surface area (Å²) in [5, 5.41) is 8.77. The maximum absolute atomic E-state index is 13.3. The van der Waals surface area contributed by atoms with Crippen LogP contribution in [0.2, 0.25) is 5.02 Å². The molecule has 2 heterocycles. The molecular formula is C24H18ClFN4OS. The molecule has 1 unspecified atom stereocenters. The molecule has 1 aliphatic rings. The van der Waals surface area contributed by atoms with Gasteiger partial charge in [-0.15, -0.1) is 16.9 Å². The molecule has 32 heavy (non-hydrogen) atoms. The number of benzene rings is 3. The summed E-state index contributed by atoms with van der Waals surface area (Å²) >= 11 is 7.37. The summed E-state index contributed by atoms with van der Waals surface area (Å²) in [6.45, 7) is 0.898. The quantitative estimate of drug-likeness (QED) is 0.378. The first-order chi connectivity index (χ1) is 15.6. The van der Waals surface area contributed by atoms with E-state index in [0.29, 0.717) is 23.8 Å². The van der Waals surface area contributed by atoms with E-state index in [0.717, 1.165) is 21.7 Å². The standard InChI is InChI=1S/C24H18ClFN4OS/c25-17-7-5-16(6-8-17)13-29-14-19(27-28-29)15-30-22-4-2-1-3-21(22)23(24(30)31)32-20-11-9-18(26)10-12-20/h1-12,14,23H,13,15H2.